The number of benzene rings is 3. The predicted octanol–water partition coefficient (Wildman–Crippen LogP) is 4.61. The highest BCUT2D eigenvalue weighted by Gasteiger charge is 2.27. The van der Waals surface area contributed by atoms with E-state index in [-0.39, 0.29) is 6.54 Å². The number of amides is 1. The van der Waals surface area contributed by atoms with E-state index in [0.29, 0.717) is 5.69 Å². The van der Waals surface area contributed by atoms with Crippen LogP contribution in [0, 0.1) is 29.1 Å². The Kier molecular flexibility index (Phi) is 4.98. The molecule has 0 aliphatic heterocycles. The Morgan fingerprint density at radius 3 is 2.04 bits per heavy atom. The smallest absolute Gasteiger partial charge is 0.244 e. The van der Waals surface area contributed by atoms with Gasteiger partial charge in [0, 0.05) is 12.7 Å². The van der Waals surface area contributed by atoms with E-state index >= 15 is 0 Å². The lowest BCUT2D eigenvalue weighted by Gasteiger charge is -2.19. The Morgan fingerprint density at radius 1 is 0.852 bits per heavy atom. The van der Waals surface area contributed by atoms with Crippen LogP contribution in [0.2, 0.25) is 0 Å². The van der Waals surface area contributed by atoms with E-state index in [0.717, 1.165) is 10.8 Å². The second-order valence-corrected chi connectivity index (χ2v) is 5.88. The minimum absolute atomic E-state index is 0.363. The van der Waals surface area contributed by atoms with Crippen LogP contribution in [0.3, 0.4) is 0 Å². The summed E-state index contributed by atoms with van der Waals surface area (Å²) in [7, 11) is 1.56. The fourth-order valence-electron chi connectivity index (χ4n) is 2.61. The van der Waals surface area contributed by atoms with Crippen molar-refractivity contribution in [2.45, 2.75) is 0 Å². The maximum Gasteiger partial charge on any atom is 0.244 e. The number of carbonyl (C=O) groups is 1. The number of hydrogen-bond donors (Lipinski definition) is 1. The Labute approximate surface area is 151 Å². The van der Waals surface area contributed by atoms with Gasteiger partial charge in [0.25, 0.3) is 0 Å². The molecule has 3 nitrogen and oxygen atoms in total. The van der Waals surface area contributed by atoms with Crippen LogP contribution in [0.15, 0.2) is 42.5 Å². The average Bonchev–Trinajstić information content (AvgIpc) is 2.67. The third kappa shape index (κ3) is 3.55. The molecule has 0 heterocycles. The van der Waals surface area contributed by atoms with Gasteiger partial charge in [0.15, 0.2) is 23.3 Å². The van der Waals surface area contributed by atoms with Crippen LogP contribution in [-0.4, -0.2) is 19.5 Å². The first-order valence-electron chi connectivity index (χ1n) is 7.81. The second kappa shape index (κ2) is 7.22. The SMILES string of the molecule is CN(CC(=O)Nc1c(F)c(F)c(F)c(F)c1F)c1ccc2ccccc2c1. The zero-order valence-electron chi connectivity index (χ0n) is 14.0. The van der Waals surface area contributed by atoms with Gasteiger partial charge in [0.1, 0.15) is 5.69 Å². The lowest BCUT2D eigenvalue weighted by atomic mass is 10.1. The van der Waals surface area contributed by atoms with E-state index in [4.69, 9.17) is 0 Å². The van der Waals surface area contributed by atoms with E-state index in [1.807, 2.05) is 30.3 Å². The monoisotopic (exact) mass is 380 g/mol. The zero-order chi connectivity index (χ0) is 19.7. The summed E-state index contributed by atoms with van der Waals surface area (Å²) in [5, 5.41) is 3.65. The van der Waals surface area contributed by atoms with Crippen molar-refractivity contribution in [2.24, 2.45) is 0 Å². The number of likely N-dealkylation sites (N-methyl/N-ethyl adjacent to an activating group) is 1. The summed E-state index contributed by atoms with van der Waals surface area (Å²) in [4.78, 5) is 13.5. The predicted molar refractivity (Wildman–Crippen MR) is 92.1 cm³/mol. The van der Waals surface area contributed by atoms with Gasteiger partial charge in [-0.3, -0.25) is 4.79 Å². The Bertz CT molecular complexity index is 1010. The number of hydrogen-bond acceptors (Lipinski definition) is 2. The summed E-state index contributed by atoms with van der Waals surface area (Å²) in [5.41, 5.74) is -0.732. The summed E-state index contributed by atoms with van der Waals surface area (Å²) in [6, 6.07) is 12.9. The molecule has 0 spiro atoms. The highest BCUT2D eigenvalue weighted by Crippen LogP contribution is 2.27. The molecule has 1 N–H and O–H groups in total. The van der Waals surface area contributed by atoms with Crippen LogP contribution in [0.25, 0.3) is 10.8 Å². The van der Waals surface area contributed by atoms with Gasteiger partial charge in [-0.2, -0.15) is 0 Å². The quantitative estimate of drug-likeness (QED) is 0.407. The summed E-state index contributed by atoms with van der Waals surface area (Å²) in [6.07, 6.45) is 0. The van der Waals surface area contributed by atoms with Crippen molar-refractivity contribution in [1.82, 2.24) is 0 Å². The van der Waals surface area contributed by atoms with Crippen molar-refractivity contribution in [3.05, 3.63) is 71.6 Å². The minimum Gasteiger partial charge on any atom is -0.365 e. The molecule has 0 aliphatic rings. The molecule has 0 bridgehead atoms. The Morgan fingerprint density at radius 2 is 1.41 bits per heavy atom. The van der Waals surface area contributed by atoms with Crippen LogP contribution in [0.1, 0.15) is 0 Å². The van der Waals surface area contributed by atoms with Gasteiger partial charge in [-0.05, 0) is 22.9 Å². The van der Waals surface area contributed by atoms with Gasteiger partial charge in [0.05, 0.1) is 6.54 Å². The first-order valence-corrected chi connectivity index (χ1v) is 7.81. The van der Waals surface area contributed by atoms with Crippen molar-refractivity contribution < 1.29 is 26.7 Å². The molecule has 0 aliphatic carbocycles. The Hall–Kier alpha value is -3.16. The maximum atomic E-state index is 13.6. The van der Waals surface area contributed by atoms with Crippen LogP contribution in [0.4, 0.5) is 33.3 Å². The molecule has 0 fully saturated rings. The average molecular weight is 380 g/mol. The number of rotatable bonds is 4. The summed E-state index contributed by atoms with van der Waals surface area (Å²) >= 11 is 0. The minimum atomic E-state index is -2.28. The van der Waals surface area contributed by atoms with E-state index < -0.39 is 40.7 Å². The summed E-state index contributed by atoms with van der Waals surface area (Å²) in [5.74, 6) is -11.6. The largest absolute Gasteiger partial charge is 0.365 e. The molecule has 3 aromatic carbocycles. The first-order chi connectivity index (χ1) is 12.8. The van der Waals surface area contributed by atoms with E-state index in [1.54, 1.807) is 24.5 Å². The highest BCUT2D eigenvalue weighted by atomic mass is 19.2. The molecule has 0 radical (unpaired) electrons. The molecule has 3 rings (SSSR count). The van der Waals surface area contributed by atoms with E-state index in [9.17, 15) is 26.7 Å². The number of anilines is 2. The molecular formula is C19H13F5N2O. The number of fused-ring (bicyclic) bond motifs is 1. The zero-order valence-corrected chi connectivity index (χ0v) is 14.0. The molecule has 140 valence electrons. The highest BCUT2D eigenvalue weighted by molar-refractivity contribution is 5.95. The molecule has 0 atom stereocenters. The van der Waals surface area contributed by atoms with E-state index in [1.165, 1.54) is 4.90 Å². The third-order valence-electron chi connectivity index (χ3n) is 4.03. The van der Waals surface area contributed by atoms with Crippen LogP contribution in [0.5, 0.6) is 0 Å². The number of nitrogens with one attached hydrogen (secondary N) is 1. The topological polar surface area (TPSA) is 32.3 Å². The van der Waals surface area contributed by atoms with Gasteiger partial charge in [-0.1, -0.05) is 30.3 Å². The van der Waals surface area contributed by atoms with Crippen LogP contribution >= 0.6 is 0 Å². The normalized spacial score (nSPS) is 10.9. The summed E-state index contributed by atoms with van der Waals surface area (Å²) in [6.45, 7) is -0.363. The number of carbonyl (C=O) groups excluding carboxylic acids is 1. The van der Waals surface area contributed by atoms with Crippen LogP contribution in [-0.2, 0) is 4.79 Å². The fraction of sp³-hybridized carbons (Fsp3) is 0.105. The molecule has 0 saturated heterocycles. The van der Waals surface area contributed by atoms with Gasteiger partial charge in [-0.15, -0.1) is 0 Å². The maximum absolute atomic E-state index is 13.6. The number of nitrogens with zero attached hydrogens (tertiary/aromatic N) is 1. The van der Waals surface area contributed by atoms with Crippen molar-refractivity contribution in [3.8, 4) is 0 Å². The first kappa shape index (κ1) is 18.6. The molecule has 0 saturated carbocycles. The standard InChI is InChI=1S/C19H13F5N2O/c1-26(12-7-6-10-4-2-3-5-11(10)8-12)9-13(27)25-19-17(23)15(21)14(20)16(22)18(19)24/h2-8H,9H2,1H3,(H,25,27). The van der Waals surface area contributed by atoms with E-state index in [2.05, 4.69) is 0 Å². The third-order valence-corrected chi connectivity index (χ3v) is 4.03. The van der Waals surface area contributed by atoms with Gasteiger partial charge < -0.3 is 10.2 Å². The van der Waals surface area contributed by atoms with Crippen molar-refractivity contribution in [3.63, 3.8) is 0 Å². The number of halogens is 5. The van der Waals surface area contributed by atoms with Crippen molar-refractivity contribution >= 4 is 28.1 Å². The molecule has 8 heteroatoms. The Balaban J connectivity index is 1.79. The molecule has 1 amide bonds. The summed E-state index contributed by atoms with van der Waals surface area (Å²) < 4.78 is 66.8. The van der Waals surface area contributed by atoms with Crippen LogP contribution < -0.4 is 10.2 Å². The van der Waals surface area contributed by atoms with Crippen molar-refractivity contribution in [2.75, 3.05) is 23.8 Å². The molecular weight excluding hydrogens is 367 g/mol. The molecule has 0 unspecified atom stereocenters. The van der Waals surface area contributed by atoms with Crippen molar-refractivity contribution in [1.29, 1.82) is 0 Å². The molecule has 27 heavy (non-hydrogen) atoms. The lowest BCUT2D eigenvalue weighted by molar-refractivity contribution is -0.115. The van der Waals surface area contributed by atoms with Gasteiger partial charge >= 0.3 is 0 Å². The molecule has 3 aromatic rings. The molecule has 0 aromatic heterocycles. The van der Waals surface area contributed by atoms with Gasteiger partial charge in [0.2, 0.25) is 11.7 Å². The second-order valence-electron chi connectivity index (χ2n) is 5.88. The fourth-order valence-corrected chi connectivity index (χ4v) is 2.61. The lowest BCUT2D eigenvalue weighted by Crippen LogP contribution is -2.31. The van der Waals surface area contributed by atoms with Gasteiger partial charge in [-0.25, -0.2) is 22.0 Å².